The van der Waals surface area contributed by atoms with Gasteiger partial charge in [0.2, 0.25) is 11.8 Å². The van der Waals surface area contributed by atoms with E-state index in [1.165, 1.54) is 16.0 Å². The monoisotopic (exact) mass is 378 g/mol. The van der Waals surface area contributed by atoms with Gasteiger partial charge in [0.1, 0.15) is 0 Å². The third kappa shape index (κ3) is 2.65. The lowest BCUT2D eigenvalue weighted by molar-refractivity contribution is -0.140. The predicted octanol–water partition coefficient (Wildman–Crippen LogP) is 1.30. The van der Waals surface area contributed by atoms with Crippen molar-refractivity contribution in [3.63, 3.8) is 0 Å². The van der Waals surface area contributed by atoms with Crippen LogP contribution in [-0.2, 0) is 16.0 Å². The number of benzene rings is 1. The van der Waals surface area contributed by atoms with Crippen LogP contribution in [0.15, 0.2) is 41.4 Å². The maximum Gasteiger partial charge on any atom is 0.233 e. The Morgan fingerprint density at radius 3 is 2.50 bits per heavy atom. The minimum absolute atomic E-state index is 0.0164. The molecule has 0 spiro atoms. The minimum atomic E-state index is -0.112. The van der Waals surface area contributed by atoms with Crippen molar-refractivity contribution in [2.45, 2.75) is 18.8 Å². The van der Waals surface area contributed by atoms with Gasteiger partial charge in [-0.2, -0.15) is 0 Å². The zero-order valence-electron chi connectivity index (χ0n) is 16.1. The molecule has 5 unspecified atom stereocenters. The Balaban J connectivity index is 1.11. The molecule has 2 fully saturated rings. The number of hydrogen-bond acceptors (Lipinski definition) is 3. The van der Waals surface area contributed by atoms with Crippen LogP contribution in [-0.4, -0.2) is 49.4 Å². The maximum absolute atomic E-state index is 12.7. The number of nitrogens with zero attached hydrogens (tertiary/aromatic N) is 2. The first-order valence-electron chi connectivity index (χ1n) is 10.2. The van der Waals surface area contributed by atoms with E-state index in [0.717, 1.165) is 19.4 Å². The molecule has 2 bridgehead atoms. The number of imide groups is 1. The summed E-state index contributed by atoms with van der Waals surface area (Å²) in [4.78, 5) is 31.1. The molecule has 146 valence electrons. The van der Waals surface area contributed by atoms with Crippen LogP contribution < -0.4 is 10.6 Å². The number of nitrogens with one attached hydrogen (secondary N) is 2. The maximum atomic E-state index is 12.7. The molecule has 0 radical (unpaired) electrons. The van der Waals surface area contributed by atoms with Crippen LogP contribution in [0.3, 0.4) is 0 Å². The van der Waals surface area contributed by atoms with Gasteiger partial charge in [0, 0.05) is 32.6 Å². The summed E-state index contributed by atoms with van der Waals surface area (Å²) in [5, 5.41) is 6.61. The highest BCUT2D eigenvalue weighted by molar-refractivity contribution is 6.06. The van der Waals surface area contributed by atoms with Gasteiger partial charge in [0.15, 0.2) is 5.96 Å². The Hall–Kier alpha value is -2.63. The molecule has 3 aliphatic carbocycles. The molecule has 28 heavy (non-hydrogen) atoms. The lowest BCUT2D eigenvalue weighted by Crippen LogP contribution is -2.45. The topological polar surface area (TPSA) is 73.8 Å². The first kappa shape index (κ1) is 17.5. The van der Waals surface area contributed by atoms with Gasteiger partial charge in [-0.15, -0.1) is 0 Å². The van der Waals surface area contributed by atoms with Crippen LogP contribution in [0, 0.1) is 23.7 Å². The summed E-state index contributed by atoms with van der Waals surface area (Å²) in [6.07, 6.45) is 6.32. The van der Waals surface area contributed by atoms with E-state index in [-0.39, 0.29) is 35.5 Å². The summed E-state index contributed by atoms with van der Waals surface area (Å²) in [6.45, 7) is 1.75. The molecular weight excluding hydrogens is 352 g/mol. The standard InChI is InChI=1S/C22H26N4O2/c1-23-22(25-12-16-10-13-4-2-3-5-17(13)16)24-8-9-26-20(27)18-14-6-7-15(11-14)19(18)21(26)28/h2-7,14-16,18-19H,8-12H2,1H3,(H2,23,24,25). The van der Waals surface area contributed by atoms with Crippen molar-refractivity contribution in [1.82, 2.24) is 15.5 Å². The van der Waals surface area contributed by atoms with E-state index in [0.29, 0.717) is 25.0 Å². The molecule has 5 atom stereocenters. The number of guanidine groups is 1. The zero-order chi connectivity index (χ0) is 19.3. The third-order valence-electron chi connectivity index (χ3n) is 6.89. The Morgan fingerprint density at radius 2 is 1.82 bits per heavy atom. The number of carbonyl (C=O) groups is 2. The van der Waals surface area contributed by atoms with E-state index in [2.05, 4.69) is 52.0 Å². The SMILES string of the molecule is CN=C(NCCN1C(=O)C2C3C=CC(C3)C2C1=O)NCC1Cc2ccccc21. The van der Waals surface area contributed by atoms with E-state index < -0.39 is 0 Å². The van der Waals surface area contributed by atoms with Crippen LogP contribution in [0.25, 0.3) is 0 Å². The quantitative estimate of drug-likeness (QED) is 0.351. The van der Waals surface area contributed by atoms with E-state index in [9.17, 15) is 9.59 Å². The van der Waals surface area contributed by atoms with Crippen LogP contribution in [0.5, 0.6) is 0 Å². The molecule has 1 saturated heterocycles. The van der Waals surface area contributed by atoms with E-state index in [1.54, 1.807) is 7.05 Å². The zero-order valence-corrected chi connectivity index (χ0v) is 16.1. The van der Waals surface area contributed by atoms with E-state index in [1.807, 2.05) is 0 Å². The molecule has 1 aromatic carbocycles. The van der Waals surface area contributed by atoms with Crippen LogP contribution in [0.1, 0.15) is 23.5 Å². The lowest BCUT2D eigenvalue weighted by Gasteiger charge is -2.30. The number of hydrogen-bond donors (Lipinski definition) is 2. The molecular formula is C22H26N4O2. The van der Waals surface area contributed by atoms with Crippen LogP contribution in [0.2, 0.25) is 0 Å². The van der Waals surface area contributed by atoms with Crippen molar-refractivity contribution in [2.75, 3.05) is 26.7 Å². The molecule has 5 rings (SSSR count). The molecule has 2 amide bonds. The Bertz CT molecular complexity index is 847. The molecule has 6 heteroatoms. The predicted molar refractivity (Wildman–Crippen MR) is 107 cm³/mol. The molecule has 1 aromatic rings. The molecule has 1 aliphatic heterocycles. The summed E-state index contributed by atoms with van der Waals surface area (Å²) >= 11 is 0. The third-order valence-corrected chi connectivity index (χ3v) is 6.89. The van der Waals surface area contributed by atoms with Crippen molar-refractivity contribution in [1.29, 1.82) is 0 Å². The summed E-state index contributed by atoms with van der Waals surface area (Å²) in [6, 6.07) is 8.53. The highest BCUT2D eigenvalue weighted by Crippen LogP contribution is 2.52. The van der Waals surface area contributed by atoms with E-state index in [4.69, 9.17) is 0 Å². The van der Waals surface area contributed by atoms with Gasteiger partial charge in [-0.05, 0) is 35.8 Å². The summed E-state index contributed by atoms with van der Waals surface area (Å²) < 4.78 is 0. The number of carbonyl (C=O) groups excluding carboxylic acids is 2. The highest BCUT2D eigenvalue weighted by Gasteiger charge is 2.58. The number of aliphatic imine (C=N–C) groups is 1. The Kier molecular flexibility index (Phi) is 4.22. The second-order valence-electron chi connectivity index (χ2n) is 8.31. The van der Waals surface area contributed by atoms with Gasteiger partial charge in [0.05, 0.1) is 11.8 Å². The fourth-order valence-corrected chi connectivity index (χ4v) is 5.46. The molecule has 1 heterocycles. The fraction of sp³-hybridized carbons (Fsp3) is 0.500. The summed E-state index contributed by atoms with van der Waals surface area (Å²) in [7, 11) is 1.74. The Morgan fingerprint density at radius 1 is 1.11 bits per heavy atom. The van der Waals surface area contributed by atoms with Gasteiger partial charge in [0.25, 0.3) is 0 Å². The average Bonchev–Trinajstić information content (AvgIpc) is 3.36. The van der Waals surface area contributed by atoms with Crippen molar-refractivity contribution in [2.24, 2.45) is 28.7 Å². The van der Waals surface area contributed by atoms with Gasteiger partial charge in [-0.25, -0.2) is 0 Å². The van der Waals surface area contributed by atoms with Crippen molar-refractivity contribution in [3.8, 4) is 0 Å². The highest BCUT2D eigenvalue weighted by atomic mass is 16.2. The first-order chi connectivity index (χ1) is 13.7. The summed E-state index contributed by atoms with van der Waals surface area (Å²) in [5.74, 6) is 1.57. The van der Waals surface area contributed by atoms with Gasteiger partial charge < -0.3 is 10.6 Å². The van der Waals surface area contributed by atoms with Gasteiger partial charge in [-0.1, -0.05) is 36.4 Å². The first-order valence-corrected chi connectivity index (χ1v) is 10.2. The molecule has 1 saturated carbocycles. The number of allylic oxidation sites excluding steroid dienone is 2. The van der Waals surface area contributed by atoms with Crippen molar-refractivity contribution in [3.05, 3.63) is 47.5 Å². The molecule has 4 aliphatic rings. The normalized spacial score (nSPS) is 32.4. The van der Waals surface area contributed by atoms with Crippen LogP contribution >= 0.6 is 0 Å². The smallest absolute Gasteiger partial charge is 0.233 e. The van der Waals surface area contributed by atoms with E-state index >= 15 is 0 Å². The minimum Gasteiger partial charge on any atom is -0.356 e. The number of amides is 2. The molecule has 6 nitrogen and oxygen atoms in total. The molecule has 2 N–H and O–H groups in total. The number of fused-ring (bicyclic) bond motifs is 6. The number of likely N-dealkylation sites (tertiary alicyclic amines) is 1. The van der Waals surface area contributed by atoms with Crippen molar-refractivity contribution < 1.29 is 9.59 Å². The second kappa shape index (κ2) is 6.76. The number of rotatable bonds is 5. The lowest BCUT2D eigenvalue weighted by atomic mass is 9.78. The molecule has 0 aromatic heterocycles. The summed E-state index contributed by atoms with van der Waals surface area (Å²) in [5.41, 5.74) is 2.84. The largest absolute Gasteiger partial charge is 0.356 e. The van der Waals surface area contributed by atoms with Crippen LogP contribution in [0.4, 0.5) is 0 Å². The van der Waals surface area contributed by atoms with Gasteiger partial charge in [-0.3, -0.25) is 19.5 Å². The van der Waals surface area contributed by atoms with Crippen molar-refractivity contribution >= 4 is 17.8 Å². The fourth-order valence-electron chi connectivity index (χ4n) is 5.46. The second-order valence-corrected chi connectivity index (χ2v) is 8.31. The Labute approximate surface area is 165 Å². The van der Waals surface area contributed by atoms with Gasteiger partial charge >= 0.3 is 0 Å². The average molecular weight is 378 g/mol.